The van der Waals surface area contributed by atoms with Crippen LogP contribution >= 0.6 is 0 Å². The fraction of sp³-hybridized carbons (Fsp3) is 1.00. The van der Waals surface area contributed by atoms with Gasteiger partial charge in [0.05, 0.1) is 0 Å². The highest BCUT2D eigenvalue weighted by Gasteiger charge is 2.07. The van der Waals surface area contributed by atoms with Gasteiger partial charge in [-0.1, -0.05) is 20.8 Å². The van der Waals surface area contributed by atoms with Gasteiger partial charge in [0.1, 0.15) is 0 Å². The van der Waals surface area contributed by atoms with E-state index in [9.17, 15) is 0 Å². The van der Waals surface area contributed by atoms with Crippen molar-refractivity contribution >= 4 is 0 Å². The topological polar surface area (TPSA) is 15.3 Å². The van der Waals surface area contributed by atoms with Gasteiger partial charge in [-0.15, -0.1) is 0 Å². The zero-order valence-corrected chi connectivity index (χ0v) is 9.22. The van der Waals surface area contributed by atoms with Gasteiger partial charge in [0.2, 0.25) is 0 Å². The van der Waals surface area contributed by atoms with Gasteiger partial charge in [-0.05, 0) is 33.5 Å². The Kier molecular flexibility index (Phi) is 6.39. The summed E-state index contributed by atoms with van der Waals surface area (Å²) in [6.45, 7) is 7.77. The zero-order chi connectivity index (χ0) is 9.56. The Bertz CT molecular complexity index is 100. The normalized spacial score (nSPS) is 14.2. The Labute approximate surface area is 77.3 Å². The monoisotopic (exact) mass is 172 g/mol. The van der Waals surface area contributed by atoms with E-state index in [2.05, 4.69) is 45.1 Å². The minimum absolute atomic E-state index is 0.615. The summed E-state index contributed by atoms with van der Waals surface area (Å²) in [6, 6.07) is 1.35. The predicted octanol–water partition coefficient (Wildman–Crippen LogP) is 1.71. The Morgan fingerprint density at radius 2 is 1.83 bits per heavy atom. The minimum atomic E-state index is 0.615. The van der Waals surface area contributed by atoms with Crippen molar-refractivity contribution in [2.75, 3.05) is 20.6 Å². The molecular formula is C10H24N2. The van der Waals surface area contributed by atoms with Crippen LogP contribution in [0.15, 0.2) is 0 Å². The molecule has 0 saturated heterocycles. The standard InChI is InChI=1S/C10H24N2/c1-6-10(12(4)5)7-8-11-9(2)3/h9-11H,6-8H2,1-5H3. The maximum absolute atomic E-state index is 3.44. The van der Waals surface area contributed by atoms with Crippen LogP contribution in [0, 0.1) is 0 Å². The molecule has 2 heteroatoms. The van der Waals surface area contributed by atoms with Gasteiger partial charge >= 0.3 is 0 Å². The Morgan fingerprint density at radius 1 is 1.25 bits per heavy atom. The third-order valence-corrected chi connectivity index (χ3v) is 2.23. The van der Waals surface area contributed by atoms with Crippen molar-refractivity contribution in [1.29, 1.82) is 0 Å². The van der Waals surface area contributed by atoms with Crippen molar-refractivity contribution in [2.45, 2.75) is 45.7 Å². The summed E-state index contributed by atoms with van der Waals surface area (Å²) in [6.07, 6.45) is 2.49. The first-order valence-corrected chi connectivity index (χ1v) is 4.97. The molecule has 0 amide bonds. The molecule has 1 N–H and O–H groups in total. The number of nitrogens with zero attached hydrogens (tertiary/aromatic N) is 1. The molecule has 0 fully saturated rings. The second-order valence-corrected chi connectivity index (χ2v) is 3.92. The Hall–Kier alpha value is -0.0800. The van der Waals surface area contributed by atoms with E-state index in [4.69, 9.17) is 0 Å². The van der Waals surface area contributed by atoms with Crippen molar-refractivity contribution < 1.29 is 0 Å². The van der Waals surface area contributed by atoms with Crippen molar-refractivity contribution in [1.82, 2.24) is 10.2 Å². The van der Waals surface area contributed by atoms with E-state index in [-0.39, 0.29) is 0 Å². The minimum Gasteiger partial charge on any atom is -0.314 e. The molecule has 0 radical (unpaired) electrons. The van der Waals surface area contributed by atoms with E-state index in [1.54, 1.807) is 0 Å². The molecule has 0 bridgehead atoms. The highest BCUT2D eigenvalue weighted by Crippen LogP contribution is 2.02. The lowest BCUT2D eigenvalue weighted by Crippen LogP contribution is -2.33. The number of hydrogen-bond acceptors (Lipinski definition) is 2. The molecule has 0 heterocycles. The third kappa shape index (κ3) is 5.56. The van der Waals surface area contributed by atoms with Crippen LogP contribution in [0.25, 0.3) is 0 Å². The summed E-state index contributed by atoms with van der Waals surface area (Å²) in [5, 5.41) is 3.44. The van der Waals surface area contributed by atoms with Crippen LogP contribution in [0.3, 0.4) is 0 Å². The molecule has 0 aromatic heterocycles. The van der Waals surface area contributed by atoms with Gasteiger partial charge in [0.15, 0.2) is 0 Å². The van der Waals surface area contributed by atoms with E-state index in [1.807, 2.05) is 0 Å². The molecule has 1 atom stereocenters. The first kappa shape index (κ1) is 11.9. The summed E-state index contributed by atoms with van der Waals surface area (Å²) in [7, 11) is 4.31. The van der Waals surface area contributed by atoms with Crippen LogP contribution in [0.4, 0.5) is 0 Å². The second kappa shape index (κ2) is 6.44. The first-order valence-electron chi connectivity index (χ1n) is 4.97. The van der Waals surface area contributed by atoms with Crippen LogP contribution in [0.1, 0.15) is 33.6 Å². The molecule has 0 aliphatic carbocycles. The number of rotatable bonds is 6. The molecule has 0 aromatic carbocycles. The van der Waals surface area contributed by atoms with Crippen molar-refractivity contribution in [3.8, 4) is 0 Å². The van der Waals surface area contributed by atoms with Crippen LogP contribution in [-0.2, 0) is 0 Å². The van der Waals surface area contributed by atoms with Crippen LogP contribution < -0.4 is 5.32 Å². The lowest BCUT2D eigenvalue weighted by atomic mass is 10.1. The largest absolute Gasteiger partial charge is 0.314 e. The van der Waals surface area contributed by atoms with Gasteiger partial charge in [-0.2, -0.15) is 0 Å². The van der Waals surface area contributed by atoms with E-state index in [0.29, 0.717) is 6.04 Å². The van der Waals surface area contributed by atoms with Crippen LogP contribution in [-0.4, -0.2) is 37.6 Å². The summed E-state index contributed by atoms with van der Waals surface area (Å²) in [5.74, 6) is 0. The summed E-state index contributed by atoms with van der Waals surface area (Å²) < 4.78 is 0. The fourth-order valence-electron chi connectivity index (χ4n) is 1.37. The lowest BCUT2D eigenvalue weighted by Gasteiger charge is -2.23. The molecular weight excluding hydrogens is 148 g/mol. The van der Waals surface area contributed by atoms with Gasteiger partial charge in [-0.25, -0.2) is 0 Å². The van der Waals surface area contributed by atoms with Gasteiger partial charge in [0, 0.05) is 12.1 Å². The smallest absolute Gasteiger partial charge is 0.00986 e. The van der Waals surface area contributed by atoms with E-state index >= 15 is 0 Å². The summed E-state index contributed by atoms with van der Waals surface area (Å²) >= 11 is 0. The second-order valence-electron chi connectivity index (χ2n) is 3.92. The summed E-state index contributed by atoms with van der Waals surface area (Å²) in [5.41, 5.74) is 0. The molecule has 2 nitrogen and oxygen atoms in total. The fourth-order valence-corrected chi connectivity index (χ4v) is 1.37. The molecule has 0 aliphatic rings. The first-order chi connectivity index (χ1) is 5.57. The highest BCUT2D eigenvalue weighted by molar-refractivity contribution is 4.66. The SMILES string of the molecule is CCC(CCNC(C)C)N(C)C. The number of hydrogen-bond donors (Lipinski definition) is 1. The van der Waals surface area contributed by atoms with Crippen LogP contribution in [0.2, 0.25) is 0 Å². The van der Waals surface area contributed by atoms with E-state index in [1.165, 1.54) is 12.8 Å². The lowest BCUT2D eigenvalue weighted by molar-refractivity contribution is 0.267. The number of nitrogens with one attached hydrogen (secondary N) is 1. The molecule has 0 spiro atoms. The third-order valence-electron chi connectivity index (χ3n) is 2.23. The van der Waals surface area contributed by atoms with Crippen molar-refractivity contribution in [3.05, 3.63) is 0 Å². The van der Waals surface area contributed by atoms with Crippen molar-refractivity contribution in [2.24, 2.45) is 0 Å². The molecule has 74 valence electrons. The highest BCUT2D eigenvalue weighted by atomic mass is 15.1. The van der Waals surface area contributed by atoms with Gasteiger partial charge in [-0.3, -0.25) is 0 Å². The van der Waals surface area contributed by atoms with Crippen LogP contribution in [0.5, 0.6) is 0 Å². The summed E-state index contributed by atoms with van der Waals surface area (Å²) in [4.78, 5) is 2.31. The Balaban J connectivity index is 3.45. The zero-order valence-electron chi connectivity index (χ0n) is 9.22. The maximum Gasteiger partial charge on any atom is 0.00986 e. The molecule has 12 heavy (non-hydrogen) atoms. The van der Waals surface area contributed by atoms with Crippen molar-refractivity contribution in [3.63, 3.8) is 0 Å². The van der Waals surface area contributed by atoms with Gasteiger partial charge in [0.25, 0.3) is 0 Å². The molecule has 0 aliphatic heterocycles. The molecule has 0 saturated carbocycles. The maximum atomic E-state index is 3.44. The average Bonchev–Trinajstić information content (AvgIpc) is 1.96. The predicted molar refractivity (Wildman–Crippen MR) is 55.5 cm³/mol. The molecule has 1 unspecified atom stereocenters. The van der Waals surface area contributed by atoms with E-state index in [0.717, 1.165) is 12.6 Å². The molecule has 0 rings (SSSR count). The molecule has 0 aromatic rings. The van der Waals surface area contributed by atoms with E-state index < -0.39 is 0 Å². The quantitative estimate of drug-likeness (QED) is 0.656. The average molecular weight is 172 g/mol. The Morgan fingerprint density at radius 3 is 2.17 bits per heavy atom. The van der Waals surface area contributed by atoms with Gasteiger partial charge < -0.3 is 10.2 Å².